The summed E-state index contributed by atoms with van der Waals surface area (Å²) in [5.74, 6) is 1.16. The lowest BCUT2D eigenvalue weighted by Crippen LogP contribution is -2.17. The molecule has 0 heterocycles. The minimum atomic E-state index is 0.455. The number of carbonyl (C=O) groups excluding carboxylic acids is 1. The molecule has 1 nitrogen and oxygen atoms in total. The van der Waals surface area contributed by atoms with Crippen molar-refractivity contribution in [2.45, 2.75) is 78.6 Å². The average Bonchev–Trinajstić information content (AvgIpc) is 2.38. The summed E-state index contributed by atoms with van der Waals surface area (Å²) < 4.78 is 0. The van der Waals surface area contributed by atoms with Gasteiger partial charge in [-0.1, -0.05) is 31.4 Å². The van der Waals surface area contributed by atoms with Crippen molar-refractivity contribution in [1.29, 1.82) is 0 Å². The Balaban J connectivity index is 2.33. The molecule has 2 rings (SSSR count). The van der Waals surface area contributed by atoms with Crippen LogP contribution in [-0.4, -0.2) is 5.78 Å². The molecule has 2 aliphatic rings. The maximum absolute atomic E-state index is 11.8. The van der Waals surface area contributed by atoms with Crippen molar-refractivity contribution in [3.05, 3.63) is 22.3 Å². The molecule has 106 valence electrons. The third-order valence-corrected chi connectivity index (χ3v) is 4.79. The number of Topliss-reactive ketones (excluding diaryl/α,β-unsaturated/α-hetero) is 1. The number of ketones is 1. The Bertz CT molecular complexity index is 411. The standard InChI is InChI=1S/C18H28O/c1-4-5-9-15-12-16(19)10-11-17(15)18-13(2)7-6-8-14(18)3/h13H,4-12H2,1-3H3. The molecule has 1 unspecified atom stereocenters. The third kappa shape index (κ3) is 3.38. The minimum Gasteiger partial charge on any atom is -0.299 e. The lowest BCUT2D eigenvalue weighted by Gasteiger charge is -2.30. The SMILES string of the molecule is CCCCC1=C(C2=C(C)CCCC2C)CCC(=O)C1. The molecule has 0 aliphatic heterocycles. The van der Waals surface area contributed by atoms with E-state index in [1.807, 2.05) is 0 Å². The van der Waals surface area contributed by atoms with Crippen molar-refractivity contribution >= 4 is 5.78 Å². The van der Waals surface area contributed by atoms with Gasteiger partial charge in [-0.05, 0) is 62.5 Å². The molecule has 0 saturated carbocycles. The zero-order valence-electron chi connectivity index (χ0n) is 12.8. The van der Waals surface area contributed by atoms with E-state index >= 15 is 0 Å². The van der Waals surface area contributed by atoms with Crippen LogP contribution in [0.2, 0.25) is 0 Å². The largest absolute Gasteiger partial charge is 0.299 e. The van der Waals surface area contributed by atoms with E-state index in [4.69, 9.17) is 0 Å². The van der Waals surface area contributed by atoms with Crippen LogP contribution in [0.1, 0.15) is 78.6 Å². The molecule has 1 heteroatoms. The number of hydrogen-bond acceptors (Lipinski definition) is 1. The van der Waals surface area contributed by atoms with Crippen molar-refractivity contribution in [2.24, 2.45) is 5.92 Å². The maximum atomic E-state index is 11.8. The summed E-state index contributed by atoms with van der Waals surface area (Å²) >= 11 is 0. The Labute approximate surface area is 118 Å². The van der Waals surface area contributed by atoms with Gasteiger partial charge >= 0.3 is 0 Å². The Morgan fingerprint density at radius 3 is 2.68 bits per heavy atom. The molecule has 0 amide bonds. The highest BCUT2D eigenvalue weighted by Gasteiger charge is 2.26. The monoisotopic (exact) mass is 260 g/mol. The van der Waals surface area contributed by atoms with Gasteiger partial charge in [-0.15, -0.1) is 0 Å². The molecule has 0 aromatic heterocycles. The second-order valence-electron chi connectivity index (χ2n) is 6.39. The molecule has 0 saturated heterocycles. The smallest absolute Gasteiger partial charge is 0.137 e. The maximum Gasteiger partial charge on any atom is 0.137 e. The molecule has 0 aromatic rings. The zero-order valence-corrected chi connectivity index (χ0v) is 12.8. The lowest BCUT2D eigenvalue weighted by molar-refractivity contribution is -0.118. The molecule has 0 N–H and O–H groups in total. The molecule has 1 atom stereocenters. The fraction of sp³-hybridized carbons (Fsp3) is 0.722. The average molecular weight is 260 g/mol. The normalized spacial score (nSPS) is 25.2. The zero-order chi connectivity index (χ0) is 13.8. The first kappa shape index (κ1) is 14.6. The third-order valence-electron chi connectivity index (χ3n) is 4.79. The first-order chi connectivity index (χ1) is 9.13. The minimum absolute atomic E-state index is 0.455. The highest BCUT2D eigenvalue weighted by molar-refractivity contribution is 5.83. The molecule has 2 aliphatic carbocycles. The summed E-state index contributed by atoms with van der Waals surface area (Å²) in [4.78, 5) is 11.8. The van der Waals surface area contributed by atoms with E-state index < -0.39 is 0 Å². The van der Waals surface area contributed by atoms with Crippen LogP contribution in [0.5, 0.6) is 0 Å². The van der Waals surface area contributed by atoms with Crippen LogP contribution in [0.15, 0.2) is 22.3 Å². The van der Waals surface area contributed by atoms with Crippen molar-refractivity contribution in [3.63, 3.8) is 0 Å². The molecule has 0 radical (unpaired) electrons. The van der Waals surface area contributed by atoms with Gasteiger partial charge in [0.25, 0.3) is 0 Å². The van der Waals surface area contributed by atoms with Crippen LogP contribution in [0.3, 0.4) is 0 Å². The van der Waals surface area contributed by atoms with E-state index in [-0.39, 0.29) is 0 Å². The lowest BCUT2D eigenvalue weighted by atomic mass is 9.74. The van der Waals surface area contributed by atoms with Crippen LogP contribution < -0.4 is 0 Å². The quantitative estimate of drug-likeness (QED) is 0.664. The number of unbranched alkanes of at least 4 members (excludes halogenated alkanes) is 1. The first-order valence-electron chi connectivity index (χ1n) is 8.06. The Hall–Kier alpha value is -0.850. The molecular formula is C18H28O. The van der Waals surface area contributed by atoms with Crippen LogP contribution in [0.25, 0.3) is 0 Å². The summed E-state index contributed by atoms with van der Waals surface area (Å²) in [5, 5.41) is 0. The van der Waals surface area contributed by atoms with Crippen LogP contribution in [-0.2, 0) is 4.79 Å². The highest BCUT2D eigenvalue weighted by Crippen LogP contribution is 2.40. The molecule has 0 spiro atoms. The van der Waals surface area contributed by atoms with E-state index in [2.05, 4.69) is 20.8 Å². The fourth-order valence-electron chi connectivity index (χ4n) is 3.76. The van der Waals surface area contributed by atoms with Gasteiger partial charge in [0.2, 0.25) is 0 Å². The number of allylic oxidation sites excluding steroid dienone is 4. The molecule has 0 fully saturated rings. The predicted molar refractivity (Wildman–Crippen MR) is 81.1 cm³/mol. The van der Waals surface area contributed by atoms with Gasteiger partial charge in [0, 0.05) is 12.8 Å². The number of rotatable bonds is 4. The first-order valence-corrected chi connectivity index (χ1v) is 8.06. The highest BCUT2D eigenvalue weighted by atomic mass is 16.1. The van der Waals surface area contributed by atoms with Gasteiger partial charge < -0.3 is 0 Å². The Morgan fingerprint density at radius 2 is 2.00 bits per heavy atom. The summed E-state index contributed by atoms with van der Waals surface area (Å²) in [7, 11) is 0. The van der Waals surface area contributed by atoms with Crippen molar-refractivity contribution in [3.8, 4) is 0 Å². The van der Waals surface area contributed by atoms with Crippen molar-refractivity contribution in [1.82, 2.24) is 0 Å². The second kappa shape index (κ2) is 6.54. The van der Waals surface area contributed by atoms with Crippen LogP contribution in [0.4, 0.5) is 0 Å². The van der Waals surface area contributed by atoms with E-state index in [1.165, 1.54) is 37.7 Å². The fourth-order valence-corrected chi connectivity index (χ4v) is 3.76. The van der Waals surface area contributed by atoms with E-state index in [1.54, 1.807) is 16.7 Å². The van der Waals surface area contributed by atoms with E-state index in [9.17, 15) is 4.79 Å². The number of carbonyl (C=O) groups is 1. The summed E-state index contributed by atoms with van der Waals surface area (Å²) in [5.41, 5.74) is 6.28. The molecular weight excluding hydrogens is 232 g/mol. The van der Waals surface area contributed by atoms with Crippen LogP contribution in [0, 0.1) is 5.92 Å². The van der Waals surface area contributed by atoms with E-state index in [0.717, 1.165) is 25.7 Å². The van der Waals surface area contributed by atoms with Gasteiger partial charge in [-0.25, -0.2) is 0 Å². The second-order valence-corrected chi connectivity index (χ2v) is 6.39. The van der Waals surface area contributed by atoms with Gasteiger partial charge in [0.15, 0.2) is 0 Å². The van der Waals surface area contributed by atoms with E-state index in [0.29, 0.717) is 11.7 Å². The van der Waals surface area contributed by atoms with Gasteiger partial charge in [-0.2, -0.15) is 0 Å². The topological polar surface area (TPSA) is 17.1 Å². The number of hydrogen-bond donors (Lipinski definition) is 0. The molecule has 19 heavy (non-hydrogen) atoms. The van der Waals surface area contributed by atoms with Gasteiger partial charge in [-0.3, -0.25) is 4.79 Å². The van der Waals surface area contributed by atoms with Crippen molar-refractivity contribution in [2.75, 3.05) is 0 Å². The van der Waals surface area contributed by atoms with Crippen molar-refractivity contribution < 1.29 is 4.79 Å². The van der Waals surface area contributed by atoms with Crippen LogP contribution >= 0.6 is 0 Å². The Morgan fingerprint density at radius 1 is 1.21 bits per heavy atom. The van der Waals surface area contributed by atoms with Gasteiger partial charge in [0.1, 0.15) is 5.78 Å². The Kier molecular flexibility index (Phi) is 5.01. The summed E-state index contributed by atoms with van der Waals surface area (Å²) in [6, 6.07) is 0. The van der Waals surface area contributed by atoms with Gasteiger partial charge in [0.05, 0.1) is 0 Å². The molecule has 0 bridgehead atoms. The molecule has 0 aromatic carbocycles. The summed E-state index contributed by atoms with van der Waals surface area (Å²) in [6.45, 7) is 6.92. The summed E-state index contributed by atoms with van der Waals surface area (Å²) in [6.07, 6.45) is 10.0. The predicted octanol–water partition coefficient (Wildman–Crippen LogP) is 5.36.